The van der Waals surface area contributed by atoms with Crippen LogP contribution in [0.5, 0.6) is 0 Å². The lowest BCUT2D eigenvalue weighted by atomic mass is 9.76. The van der Waals surface area contributed by atoms with E-state index in [1.165, 1.54) is 0 Å². The summed E-state index contributed by atoms with van der Waals surface area (Å²) < 4.78 is 0. The van der Waals surface area contributed by atoms with Crippen LogP contribution >= 0.6 is 0 Å². The maximum absolute atomic E-state index is 12.1. The number of rotatable bonds is 3. The number of carbonyl (C=O) groups excluding carboxylic acids is 1. The average molecular weight is 285 g/mol. The van der Waals surface area contributed by atoms with Gasteiger partial charge in [-0.25, -0.2) is 4.79 Å². The molecule has 2 amide bonds. The fourth-order valence-electron chi connectivity index (χ4n) is 2.86. The van der Waals surface area contributed by atoms with E-state index in [1.807, 2.05) is 31.2 Å². The van der Waals surface area contributed by atoms with E-state index in [-0.39, 0.29) is 6.03 Å². The Labute approximate surface area is 126 Å². The number of nitrogens with zero attached hydrogens (tertiary/aromatic N) is 1. The van der Waals surface area contributed by atoms with Crippen LogP contribution in [-0.4, -0.2) is 11.6 Å². The molecule has 2 rings (SSSR count). The van der Waals surface area contributed by atoms with Crippen LogP contribution in [-0.2, 0) is 0 Å². The molecule has 0 heterocycles. The topological polar surface area (TPSA) is 64.9 Å². The Bertz CT molecular complexity index is 522. The van der Waals surface area contributed by atoms with Gasteiger partial charge in [0.2, 0.25) is 0 Å². The van der Waals surface area contributed by atoms with E-state index in [4.69, 9.17) is 0 Å². The van der Waals surface area contributed by atoms with Crippen molar-refractivity contribution in [2.75, 3.05) is 5.32 Å². The van der Waals surface area contributed by atoms with E-state index >= 15 is 0 Å². The van der Waals surface area contributed by atoms with Crippen LogP contribution in [0, 0.1) is 24.2 Å². The molecular formula is C17H23N3O. The van der Waals surface area contributed by atoms with Gasteiger partial charge in [-0.3, -0.25) is 0 Å². The number of hydrogen-bond donors (Lipinski definition) is 2. The second-order valence-corrected chi connectivity index (χ2v) is 5.99. The van der Waals surface area contributed by atoms with Crippen molar-refractivity contribution in [3.63, 3.8) is 0 Å². The standard InChI is InChI=1S/C17H23N3O/c1-3-14-8-10-17(12-18,11-9-14)20-16(21)19-15-6-4-13(2)5-7-15/h4-7,14H,3,8-11H2,1-2H3,(H2,19,20,21). The van der Waals surface area contributed by atoms with E-state index in [0.29, 0.717) is 5.92 Å². The zero-order chi connectivity index (χ0) is 15.3. The number of benzene rings is 1. The molecule has 112 valence electrons. The van der Waals surface area contributed by atoms with Crippen LogP contribution in [0.25, 0.3) is 0 Å². The fourth-order valence-corrected chi connectivity index (χ4v) is 2.86. The predicted octanol–water partition coefficient (Wildman–Crippen LogP) is 3.98. The van der Waals surface area contributed by atoms with Crippen LogP contribution < -0.4 is 10.6 Å². The third-order valence-corrected chi connectivity index (χ3v) is 4.41. The highest BCUT2D eigenvalue weighted by Crippen LogP contribution is 2.33. The van der Waals surface area contributed by atoms with Crippen molar-refractivity contribution in [1.29, 1.82) is 5.26 Å². The molecule has 1 fully saturated rings. The third-order valence-electron chi connectivity index (χ3n) is 4.41. The number of anilines is 1. The summed E-state index contributed by atoms with van der Waals surface area (Å²) >= 11 is 0. The number of amides is 2. The van der Waals surface area contributed by atoms with Gasteiger partial charge in [0, 0.05) is 5.69 Å². The quantitative estimate of drug-likeness (QED) is 0.882. The van der Waals surface area contributed by atoms with Gasteiger partial charge < -0.3 is 10.6 Å². The SMILES string of the molecule is CCC1CCC(C#N)(NC(=O)Nc2ccc(C)cc2)CC1. The molecule has 1 aliphatic carbocycles. The van der Waals surface area contributed by atoms with Gasteiger partial charge in [-0.2, -0.15) is 5.26 Å². The van der Waals surface area contributed by atoms with Gasteiger partial charge in [-0.1, -0.05) is 31.0 Å². The van der Waals surface area contributed by atoms with E-state index in [2.05, 4.69) is 23.6 Å². The molecule has 1 aromatic carbocycles. The average Bonchev–Trinajstić information content (AvgIpc) is 2.50. The predicted molar refractivity (Wildman–Crippen MR) is 83.9 cm³/mol. The van der Waals surface area contributed by atoms with Crippen LogP contribution in [0.1, 0.15) is 44.6 Å². The molecule has 21 heavy (non-hydrogen) atoms. The smallest absolute Gasteiger partial charge is 0.319 e. The molecule has 0 unspecified atom stereocenters. The van der Waals surface area contributed by atoms with Gasteiger partial charge in [-0.05, 0) is 50.7 Å². The second-order valence-electron chi connectivity index (χ2n) is 5.99. The van der Waals surface area contributed by atoms with E-state index < -0.39 is 5.54 Å². The molecule has 0 aliphatic heterocycles. The Morgan fingerprint density at radius 1 is 1.33 bits per heavy atom. The monoisotopic (exact) mass is 285 g/mol. The molecular weight excluding hydrogens is 262 g/mol. The number of aryl methyl sites for hydroxylation is 1. The minimum absolute atomic E-state index is 0.296. The number of hydrogen-bond acceptors (Lipinski definition) is 2. The van der Waals surface area contributed by atoms with Crippen LogP contribution in [0.2, 0.25) is 0 Å². The van der Waals surface area contributed by atoms with Gasteiger partial charge >= 0.3 is 6.03 Å². The molecule has 4 nitrogen and oxygen atoms in total. The van der Waals surface area contributed by atoms with Crippen LogP contribution in [0.3, 0.4) is 0 Å². The van der Waals surface area contributed by atoms with Crippen molar-refractivity contribution >= 4 is 11.7 Å². The van der Waals surface area contributed by atoms with Crippen LogP contribution in [0.4, 0.5) is 10.5 Å². The summed E-state index contributed by atoms with van der Waals surface area (Å²) in [7, 11) is 0. The molecule has 4 heteroatoms. The molecule has 1 saturated carbocycles. The largest absolute Gasteiger partial charge is 0.320 e. The molecule has 2 N–H and O–H groups in total. The number of nitriles is 1. The molecule has 1 aromatic rings. The number of nitrogens with one attached hydrogen (secondary N) is 2. The highest BCUT2D eigenvalue weighted by molar-refractivity contribution is 5.90. The zero-order valence-electron chi connectivity index (χ0n) is 12.8. The summed E-state index contributed by atoms with van der Waals surface area (Å²) in [5.41, 5.74) is 1.18. The first-order chi connectivity index (χ1) is 10.1. The molecule has 0 saturated heterocycles. The van der Waals surface area contributed by atoms with Crippen molar-refractivity contribution in [3.05, 3.63) is 29.8 Å². The minimum Gasteiger partial charge on any atom is -0.319 e. The molecule has 0 atom stereocenters. The summed E-state index contributed by atoms with van der Waals surface area (Å²) in [6.07, 6.45) is 4.65. The van der Waals surface area contributed by atoms with E-state index in [0.717, 1.165) is 43.4 Å². The van der Waals surface area contributed by atoms with Crippen molar-refractivity contribution in [2.45, 2.75) is 51.5 Å². The van der Waals surface area contributed by atoms with Crippen LogP contribution in [0.15, 0.2) is 24.3 Å². The lowest BCUT2D eigenvalue weighted by Crippen LogP contribution is -2.51. The van der Waals surface area contributed by atoms with Gasteiger partial charge in [-0.15, -0.1) is 0 Å². The highest BCUT2D eigenvalue weighted by Gasteiger charge is 2.36. The normalized spacial score (nSPS) is 24.9. The lowest BCUT2D eigenvalue weighted by Gasteiger charge is -2.35. The maximum atomic E-state index is 12.1. The maximum Gasteiger partial charge on any atom is 0.320 e. The highest BCUT2D eigenvalue weighted by atomic mass is 16.2. The Kier molecular flexibility index (Phi) is 4.85. The number of carbonyl (C=O) groups is 1. The third kappa shape index (κ3) is 3.98. The molecule has 0 radical (unpaired) electrons. The molecule has 0 bridgehead atoms. The summed E-state index contributed by atoms with van der Waals surface area (Å²) in [6, 6.07) is 9.64. The first-order valence-electron chi connectivity index (χ1n) is 7.64. The Balaban J connectivity index is 1.94. The van der Waals surface area contributed by atoms with Crippen molar-refractivity contribution < 1.29 is 4.79 Å². The van der Waals surface area contributed by atoms with Gasteiger partial charge in [0.1, 0.15) is 5.54 Å². The number of urea groups is 1. The lowest BCUT2D eigenvalue weighted by molar-refractivity contribution is 0.216. The summed E-state index contributed by atoms with van der Waals surface area (Å²) in [6.45, 7) is 4.18. The van der Waals surface area contributed by atoms with Crippen molar-refractivity contribution in [1.82, 2.24) is 5.32 Å². The summed E-state index contributed by atoms with van der Waals surface area (Å²) in [4.78, 5) is 12.1. The Morgan fingerprint density at radius 3 is 2.48 bits per heavy atom. The van der Waals surface area contributed by atoms with Crippen molar-refractivity contribution in [2.24, 2.45) is 5.92 Å². The van der Waals surface area contributed by atoms with Crippen molar-refractivity contribution in [3.8, 4) is 6.07 Å². The van der Waals surface area contributed by atoms with E-state index in [9.17, 15) is 10.1 Å². The molecule has 0 aromatic heterocycles. The van der Waals surface area contributed by atoms with E-state index in [1.54, 1.807) is 0 Å². The minimum atomic E-state index is -0.708. The molecule has 1 aliphatic rings. The molecule has 0 spiro atoms. The fraction of sp³-hybridized carbons (Fsp3) is 0.529. The Hall–Kier alpha value is -2.02. The van der Waals surface area contributed by atoms with Gasteiger partial charge in [0.15, 0.2) is 0 Å². The summed E-state index contributed by atoms with van der Waals surface area (Å²) in [5, 5.41) is 15.1. The zero-order valence-corrected chi connectivity index (χ0v) is 12.8. The summed E-state index contributed by atoms with van der Waals surface area (Å²) in [5.74, 6) is 0.688. The van der Waals surface area contributed by atoms with Gasteiger partial charge in [0.05, 0.1) is 6.07 Å². The first kappa shape index (κ1) is 15.4. The van der Waals surface area contributed by atoms with Gasteiger partial charge in [0.25, 0.3) is 0 Å². The first-order valence-corrected chi connectivity index (χ1v) is 7.64. The Morgan fingerprint density at radius 2 is 1.95 bits per heavy atom. The second kappa shape index (κ2) is 6.62.